The standard InChI is InChI=1S/C22H32N2O3/c1-2-27-20-8-6-17(7-9-20)21(26)23-12-10-22(11-13-23)16-24(14-18(22)15-25)19-4-3-5-19/h6-9,18-19,25H,2-5,10-16H2,1H3. The molecule has 1 atom stereocenters. The van der Waals surface area contributed by atoms with Gasteiger partial charge < -0.3 is 14.7 Å². The van der Waals surface area contributed by atoms with E-state index < -0.39 is 0 Å². The summed E-state index contributed by atoms with van der Waals surface area (Å²) in [6.45, 7) is 6.59. The number of hydrogen-bond acceptors (Lipinski definition) is 4. The van der Waals surface area contributed by atoms with Gasteiger partial charge in [0, 0.05) is 50.3 Å². The van der Waals surface area contributed by atoms with Crippen molar-refractivity contribution in [1.82, 2.24) is 9.80 Å². The maximum atomic E-state index is 12.9. The lowest BCUT2D eigenvalue weighted by Crippen LogP contribution is -2.47. The van der Waals surface area contributed by atoms with Crippen LogP contribution in [0, 0.1) is 11.3 Å². The average molecular weight is 373 g/mol. The summed E-state index contributed by atoms with van der Waals surface area (Å²) in [6.07, 6.45) is 5.99. The monoisotopic (exact) mass is 372 g/mol. The summed E-state index contributed by atoms with van der Waals surface area (Å²) in [5.41, 5.74) is 0.926. The van der Waals surface area contributed by atoms with Crippen molar-refractivity contribution in [3.05, 3.63) is 29.8 Å². The van der Waals surface area contributed by atoms with Crippen molar-refractivity contribution in [1.29, 1.82) is 0 Å². The van der Waals surface area contributed by atoms with Gasteiger partial charge in [0.1, 0.15) is 5.75 Å². The fourth-order valence-electron chi connectivity index (χ4n) is 5.12. The molecular weight excluding hydrogens is 340 g/mol. The highest BCUT2D eigenvalue weighted by atomic mass is 16.5. The zero-order chi connectivity index (χ0) is 18.9. The van der Waals surface area contributed by atoms with Crippen LogP contribution in [0.4, 0.5) is 0 Å². The topological polar surface area (TPSA) is 53.0 Å². The highest BCUT2D eigenvalue weighted by Crippen LogP contribution is 2.46. The predicted octanol–water partition coefficient (Wildman–Crippen LogP) is 2.78. The predicted molar refractivity (Wildman–Crippen MR) is 105 cm³/mol. The first-order valence-corrected chi connectivity index (χ1v) is 10.5. The number of amides is 1. The SMILES string of the molecule is CCOc1ccc(C(=O)N2CCC3(CC2)CN(C2CCC2)CC3CO)cc1. The Morgan fingerprint density at radius 2 is 1.93 bits per heavy atom. The number of piperidine rings is 1. The molecular formula is C22H32N2O3. The van der Waals surface area contributed by atoms with Crippen molar-refractivity contribution in [2.75, 3.05) is 39.4 Å². The van der Waals surface area contributed by atoms with Crippen molar-refractivity contribution in [2.45, 2.75) is 45.1 Å². The Hall–Kier alpha value is -1.59. The number of benzene rings is 1. The molecule has 5 nitrogen and oxygen atoms in total. The number of aliphatic hydroxyl groups is 1. The Bertz CT molecular complexity index is 648. The van der Waals surface area contributed by atoms with Gasteiger partial charge in [0.05, 0.1) is 6.61 Å². The minimum absolute atomic E-state index is 0.113. The number of likely N-dealkylation sites (tertiary alicyclic amines) is 2. The summed E-state index contributed by atoms with van der Waals surface area (Å²) >= 11 is 0. The molecule has 0 aromatic heterocycles. The molecule has 3 fully saturated rings. The molecule has 1 spiro atoms. The minimum atomic E-state index is 0.113. The first kappa shape index (κ1) is 18.8. The molecule has 4 rings (SSSR count). The van der Waals surface area contributed by atoms with E-state index in [0.29, 0.717) is 12.5 Å². The van der Waals surface area contributed by atoms with Gasteiger partial charge in [0.2, 0.25) is 0 Å². The third-order valence-corrected chi connectivity index (χ3v) is 7.11. The maximum Gasteiger partial charge on any atom is 0.253 e. The second kappa shape index (κ2) is 7.80. The number of ether oxygens (including phenoxy) is 1. The maximum absolute atomic E-state index is 12.9. The first-order valence-electron chi connectivity index (χ1n) is 10.5. The van der Waals surface area contributed by atoms with Gasteiger partial charge in [-0.3, -0.25) is 9.69 Å². The zero-order valence-electron chi connectivity index (χ0n) is 16.4. The van der Waals surface area contributed by atoms with Crippen LogP contribution in [0.2, 0.25) is 0 Å². The third kappa shape index (κ3) is 3.59. The molecule has 1 aromatic carbocycles. The van der Waals surface area contributed by atoms with Gasteiger partial charge in [-0.15, -0.1) is 0 Å². The highest BCUT2D eigenvalue weighted by Gasteiger charge is 2.49. The number of nitrogens with zero attached hydrogens (tertiary/aromatic N) is 2. The van der Waals surface area contributed by atoms with E-state index in [4.69, 9.17) is 4.74 Å². The van der Waals surface area contributed by atoms with Gasteiger partial charge in [0.15, 0.2) is 0 Å². The molecule has 1 aliphatic carbocycles. The zero-order valence-corrected chi connectivity index (χ0v) is 16.4. The van der Waals surface area contributed by atoms with Gasteiger partial charge in [-0.25, -0.2) is 0 Å². The van der Waals surface area contributed by atoms with Crippen LogP contribution < -0.4 is 4.74 Å². The minimum Gasteiger partial charge on any atom is -0.494 e. The van der Waals surface area contributed by atoms with Gasteiger partial charge in [-0.2, -0.15) is 0 Å². The molecule has 2 saturated heterocycles. The molecule has 1 N–H and O–H groups in total. The Morgan fingerprint density at radius 1 is 1.22 bits per heavy atom. The number of hydrogen-bond donors (Lipinski definition) is 1. The van der Waals surface area contributed by atoms with E-state index in [9.17, 15) is 9.90 Å². The molecule has 1 saturated carbocycles. The third-order valence-electron chi connectivity index (χ3n) is 7.11. The quantitative estimate of drug-likeness (QED) is 0.864. The van der Waals surface area contributed by atoms with E-state index in [1.807, 2.05) is 36.1 Å². The Labute approximate surface area is 162 Å². The van der Waals surface area contributed by atoms with Crippen LogP contribution in [0.25, 0.3) is 0 Å². The van der Waals surface area contributed by atoms with Crippen LogP contribution in [-0.2, 0) is 0 Å². The molecule has 3 aliphatic rings. The van der Waals surface area contributed by atoms with Crippen molar-refractivity contribution in [2.24, 2.45) is 11.3 Å². The Morgan fingerprint density at radius 3 is 2.48 bits per heavy atom. The Kier molecular flexibility index (Phi) is 5.42. The van der Waals surface area contributed by atoms with Crippen LogP contribution in [0.1, 0.15) is 49.4 Å². The van der Waals surface area contributed by atoms with E-state index >= 15 is 0 Å². The van der Waals surface area contributed by atoms with Crippen LogP contribution in [0.5, 0.6) is 5.75 Å². The second-order valence-electron chi connectivity index (χ2n) is 8.51. The van der Waals surface area contributed by atoms with Crippen molar-refractivity contribution < 1.29 is 14.6 Å². The second-order valence-corrected chi connectivity index (χ2v) is 8.51. The lowest BCUT2D eigenvalue weighted by atomic mass is 9.71. The van der Waals surface area contributed by atoms with Crippen molar-refractivity contribution >= 4 is 5.91 Å². The fourth-order valence-corrected chi connectivity index (χ4v) is 5.12. The average Bonchev–Trinajstić information content (AvgIpc) is 2.98. The van der Waals surface area contributed by atoms with E-state index in [0.717, 1.165) is 56.4 Å². The molecule has 1 aromatic rings. The number of carbonyl (C=O) groups excluding carboxylic acids is 1. The van der Waals surface area contributed by atoms with Crippen LogP contribution in [-0.4, -0.2) is 66.2 Å². The van der Waals surface area contributed by atoms with E-state index in [1.165, 1.54) is 19.3 Å². The molecule has 5 heteroatoms. The molecule has 2 aliphatic heterocycles. The summed E-state index contributed by atoms with van der Waals surface area (Å²) in [5.74, 6) is 1.28. The normalized spacial score (nSPS) is 25.6. The molecule has 1 unspecified atom stereocenters. The van der Waals surface area contributed by atoms with Crippen LogP contribution >= 0.6 is 0 Å². The largest absolute Gasteiger partial charge is 0.494 e. The molecule has 0 bridgehead atoms. The molecule has 27 heavy (non-hydrogen) atoms. The summed E-state index contributed by atoms with van der Waals surface area (Å²) in [4.78, 5) is 17.5. The molecule has 1 amide bonds. The summed E-state index contributed by atoms with van der Waals surface area (Å²) in [5, 5.41) is 9.98. The van der Waals surface area contributed by atoms with E-state index in [2.05, 4.69) is 4.90 Å². The Balaban J connectivity index is 1.38. The molecule has 148 valence electrons. The fraction of sp³-hybridized carbons (Fsp3) is 0.682. The van der Waals surface area contributed by atoms with Crippen molar-refractivity contribution in [3.8, 4) is 5.75 Å². The van der Waals surface area contributed by atoms with Gasteiger partial charge >= 0.3 is 0 Å². The van der Waals surface area contributed by atoms with Crippen molar-refractivity contribution in [3.63, 3.8) is 0 Å². The smallest absolute Gasteiger partial charge is 0.253 e. The van der Waals surface area contributed by atoms with Crippen LogP contribution in [0.15, 0.2) is 24.3 Å². The summed E-state index contributed by atoms with van der Waals surface area (Å²) in [6, 6.07) is 8.21. The van der Waals surface area contributed by atoms with E-state index in [1.54, 1.807) is 0 Å². The van der Waals surface area contributed by atoms with E-state index in [-0.39, 0.29) is 17.9 Å². The number of carbonyl (C=O) groups is 1. The first-order chi connectivity index (χ1) is 13.1. The summed E-state index contributed by atoms with van der Waals surface area (Å²) in [7, 11) is 0. The van der Waals surface area contributed by atoms with Gasteiger partial charge in [-0.05, 0) is 62.3 Å². The van der Waals surface area contributed by atoms with Gasteiger partial charge in [-0.1, -0.05) is 6.42 Å². The molecule has 2 heterocycles. The molecule has 0 radical (unpaired) electrons. The number of rotatable bonds is 5. The summed E-state index contributed by atoms with van der Waals surface area (Å²) < 4.78 is 5.46. The number of aliphatic hydroxyl groups excluding tert-OH is 1. The van der Waals surface area contributed by atoms with Gasteiger partial charge in [0.25, 0.3) is 5.91 Å². The lowest BCUT2D eigenvalue weighted by molar-refractivity contribution is 0.0385. The van der Waals surface area contributed by atoms with Crippen LogP contribution in [0.3, 0.4) is 0 Å². The highest BCUT2D eigenvalue weighted by molar-refractivity contribution is 5.94. The lowest BCUT2D eigenvalue weighted by Gasteiger charge is -2.43.